The Labute approximate surface area is 168 Å². The summed E-state index contributed by atoms with van der Waals surface area (Å²) in [6.07, 6.45) is 3.80. The predicted octanol–water partition coefficient (Wildman–Crippen LogP) is 6.02. The number of hydrogen-bond acceptors (Lipinski definition) is 3. The second-order valence-electron chi connectivity index (χ2n) is 6.25. The molecule has 5 heteroatoms. The molecule has 0 aliphatic rings. The van der Waals surface area contributed by atoms with Crippen LogP contribution in [0.1, 0.15) is 45.0 Å². The fraction of sp³-hybridized carbons (Fsp3) is 0.136. The minimum Gasteiger partial charge on any atom is -0.294 e. The lowest BCUT2D eigenvalue weighted by Crippen LogP contribution is -2.13. The summed E-state index contributed by atoms with van der Waals surface area (Å²) in [5.41, 5.74) is 2.02. The Kier molecular flexibility index (Phi) is 6.38. The molecule has 3 rings (SSSR count). The number of benzene rings is 2. The molecule has 0 bridgehead atoms. The van der Waals surface area contributed by atoms with E-state index in [1.165, 1.54) is 0 Å². The average molecular weight is 398 g/mol. The molecule has 136 valence electrons. The molecule has 0 aliphatic carbocycles. The van der Waals surface area contributed by atoms with Gasteiger partial charge in [0.25, 0.3) is 0 Å². The number of carbonyl (C=O) groups is 2. The van der Waals surface area contributed by atoms with Crippen molar-refractivity contribution < 1.29 is 9.59 Å². The number of pyridine rings is 1. The molecule has 0 spiro atoms. The van der Waals surface area contributed by atoms with E-state index >= 15 is 0 Å². The Morgan fingerprint density at radius 1 is 0.778 bits per heavy atom. The maximum absolute atomic E-state index is 12.7. The van der Waals surface area contributed by atoms with Gasteiger partial charge in [0.1, 0.15) is 0 Å². The van der Waals surface area contributed by atoms with Gasteiger partial charge in [0.05, 0.1) is 0 Å². The molecular formula is C22H17Cl2NO2. The lowest BCUT2D eigenvalue weighted by atomic mass is 9.87. The van der Waals surface area contributed by atoms with E-state index in [1.54, 1.807) is 60.9 Å². The van der Waals surface area contributed by atoms with Gasteiger partial charge in [0, 0.05) is 46.4 Å². The van der Waals surface area contributed by atoms with E-state index in [0.29, 0.717) is 21.2 Å². The number of Topliss-reactive ketones (excluding diaryl/α,β-unsaturated/α-hetero) is 2. The first-order valence-corrected chi connectivity index (χ1v) is 9.26. The van der Waals surface area contributed by atoms with Crippen LogP contribution in [0.4, 0.5) is 0 Å². The Balaban J connectivity index is 1.81. The minimum atomic E-state index is -0.259. The molecule has 0 fully saturated rings. The first-order chi connectivity index (χ1) is 13.0. The highest BCUT2D eigenvalue weighted by Gasteiger charge is 2.21. The maximum atomic E-state index is 12.7. The molecule has 27 heavy (non-hydrogen) atoms. The van der Waals surface area contributed by atoms with E-state index in [0.717, 1.165) is 5.56 Å². The van der Waals surface area contributed by atoms with Gasteiger partial charge in [0.15, 0.2) is 11.6 Å². The van der Waals surface area contributed by atoms with Crippen LogP contribution >= 0.6 is 23.2 Å². The SMILES string of the molecule is O=C(CC(CC(=O)c1ccc(Cl)cc1)c1cccnc1)c1ccc(Cl)cc1. The van der Waals surface area contributed by atoms with Gasteiger partial charge in [-0.05, 0) is 66.1 Å². The normalized spacial score (nSPS) is 10.8. The third kappa shape index (κ3) is 5.25. The fourth-order valence-corrected chi connectivity index (χ4v) is 3.13. The van der Waals surface area contributed by atoms with Gasteiger partial charge in [0.2, 0.25) is 0 Å². The first kappa shape index (κ1) is 19.3. The zero-order chi connectivity index (χ0) is 19.2. The lowest BCUT2D eigenvalue weighted by Gasteiger charge is -2.16. The van der Waals surface area contributed by atoms with Crippen LogP contribution < -0.4 is 0 Å². The number of hydrogen-bond donors (Lipinski definition) is 0. The van der Waals surface area contributed by atoms with Gasteiger partial charge >= 0.3 is 0 Å². The van der Waals surface area contributed by atoms with Crippen molar-refractivity contribution in [2.45, 2.75) is 18.8 Å². The number of halogens is 2. The molecule has 0 saturated heterocycles. The van der Waals surface area contributed by atoms with Gasteiger partial charge in [-0.3, -0.25) is 14.6 Å². The fourth-order valence-electron chi connectivity index (χ4n) is 2.88. The van der Waals surface area contributed by atoms with Gasteiger partial charge in [-0.2, -0.15) is 0 Å². The molecule has 3 aromatic rings. The number of ketones is 2. The summed E-state index contributed by atoms with van der Waals surface area (Å²) < 4.78 is 0. The molecule has 2 aromatic carbocycles. The van der Waals surface area contributed by atoms with E-state index in [1.807, 2.05) is 12.1 Å². The van der Waals surface area contributed by atoms with Crippen LogP contribution in [0.3, 0.4) is 0 Å². The lowest BCUT2D eigenvalue weighted by molar-refractivity contribution is 0.0944. The van der Waals surface area contributed by atoms with Crippen molar-refractivity contribution in [3.05, 3.63) is 99.8 Å². The Hall–Kier alpha value is -2.49. The van der Waals surface area contributed by atoms with E-state index in [2.05, 4.69) is 4.98 Å². The number of aromatic nitrogens is 1. The predicted molar refractivity (Wildman–Crippen MR) is 108 cm³/mol. The van der Waals surface area contributed by atoms with Crippen LogP contribution in [0.25, 0.3) is 0 Å². The van der Waals surface area contributed by atoms with Crippen LogP contribution in [-0.2, 0) is 0 Å². The second-order valence-corrected chi connectivity index (χ2v) is 7.12. The van der Waals surface area contributed by atoms with Crippen molar-refractivity contribution in [3.63, 3.8) is 0 Å². The molecular weight excluding hydrogens is 381 g/mol. The second kappa shape index (κ2) is 8.94. The number of carbonyl (C=O) groups excluding carboxylic acids is 2. The molecule has 3 nitrogen and oxygen atoms in total. The highest BCUT2D eigenvalue weighted by atomic mass is 35.5. The van der Waals surface area contributed by atoms with Gasteiger partial charge in [-0.25, -0.2) is 0 Å². The van der Waals surface area contributed by atoms with Crippen LogP contribution in [0.2, 0.25) is 10.0 Å². The number of rotatable bonds is 7. The average Bonchev–Trinajstić information content (AvgIpc) is 2.69. The summed E-state index contributed by atoms with van der Waals surface area (Å²) in [4.78, 5) is 29.6. The van der Waals surface area contributed by atoms with E-state index in [-0.39, 0.29) is 30.3 Å². The van der Waals surface area contributed by atoms with Crippen molar-refractivity contribution in [1.29, 1.82) is 0 Å². The molecule has 0 radical (unpaired) electrons. The summed E-state index contributed by atoms with van der Waals surface area (Å²) in [5.74, 6) is -0.334. The van der Waals surface area contributed by atoms with Crippen molar-refractivity contribution in [2.75, 3.05) is 0 Å². The highest BCUT2D eigenvalue weighted by molar-refractivity contribution is 6.31. The molecule has 0 N–H and O–H groups in total. The summed E-state index contributed by atoms with van der Waals surface area (Å²) in [6.45, 7) is 0. The van der Waals surface area contributed by atoms with Crippen molar-refractivity contribution in [3.8, 4) is 0 Å². The molecule has 0 atom stereocenters. The Morgan fingerprint density at radius 2 is 1.26 bits per heavy atom. The monoisotopic (exact) mass is 397 g/mol. The van der Waals surface area contributed by atoms with Gasteiger partial charge in [-0.15, -0.1) is 0 Å². The maximum Gasteiger partial charge on any atom is 0.163 e. The minimum absolute atomic E-state index is 0.0376. The van der Waals surface area contributed by atoms with Crippen molar-refractivity contribution >= 4 is 34.8 Å². The number of nitrogens with zero attached hydrogens (tertiary/aromatic N) is 1. The van der Waals surface area contributed by atoms with Crippen LogP contribution in [0.5, 0.6) is 0 Å². The third-order valence-corrected chi connectivity index (χ3v) is 4.86. The van der Waals surface area contributed by atoms with Crippen LogP contribution in [-0.4, -0.2) is 16.6 Å². The zero-order valence-corrected chi connectivity index (χ0v) is 16.0. The molecule has 1 heterocycles. The Morgan fingerprint density at radius 3 is 1.67 bits per heavy atom. The summed E-state index contributed by atoms with van der Waals surface area (Å²) >= 11 is 11.8. The summed E-state index contributed by atoms with van der Waals surface area (Å²) in [7, 11) is 0. The van der Waals surface area contributed by atoms with Gasteiger partial charge < -0.3 is 0 Å². The van der Waals surface area contributed by atoms with Crippen molar-refractivity contribution in [1.82, 2.24) is 4.98 Å². The highest BCUT2D eigenvalue weighted by Crippen LogP contribution is 2.27. The largest absolute Gasteiger partial charge is 0.294 e. The molecule has 0 aliphatic heterocycles. The van der Waals surface area contributed by atoms with Crippen LogP contribution in [0.15, 0.2) is 73.1 Å². The standard InChI is InChI=1S/C22H17Cl2NO2/c23-19-7-3-15(4-8-19)21(26)12-18(17-2-1-11-25-14-17)13-22(27)16-5-9-20(24)10-6-16/h1-11,14,18H,12-13H2. The van der Waals surface area contributed by atoms with E-state index in [4.69, 9.17) is 23.2 Å². The Bertz CT molecular complexity index is 863. The molecule has 0 amide bonds. The first-order valence-electron chi connectivity index (χ1n) is 8.50. The summed E-state index contributed by atoms with van der Waals surface area (Å²) in [5, 5.41) is 1.15. The van der Waals surface area contributed by atoms with E-state index < -0.39 is 0 Å². The quantitative estimate of drug-likeness (QED) is 0.458. The van der Waals surface area contributed by atoms with E-state index in [9.17, 15) is 9.59 Å². The molecule has 0 saturated carbocycles. The molecule has 0 unspecified atom stereocenters. The molecule has 1 aromatic heterocycles. The third-order valence-electron chi connectivity index (χ3n) is 4.35. The van der Waals surface area contributed by atoms with Gasteiger partial charge in [-0.1, -0.05) is 29.3 Å². The van der Waals surface area contributed by atoms with Crippen molar-refractivity contribution in [2.24, 2.45) is 0 Å². The zero-order valence-electron chi connectivity index (χ0n) is 14.4. The smallest absolute Gasteiger partial charge is 0.163 e. The summed E-state index contributed by atoms with van der Waals surface area (Å²) in [6, 6.07) is 17.2. The van der Waals surface area contributed by atoms with Crippen LogP contribution in [0, 0.1) is 0 Å². The topological polar surface area (TPSA) is 47.0 Å².